The fraction of sp³-hybridized carbons (Fsp3) is 0.469. The molecule has 226 valence electrons. The van der Waals surface area contributed by atoms with Crippen LogP contribution in [0.2, 0.25) is 0 Å². The number of aromatic nitrogens is 1. The van der Waals surface area contributed by atoms with E-state index >= 15 is 0 Å². The molecule has 0 bridgehead atoms. The molecule has 0 spiro atoms. The second kappa shape index (κ2) is 15.8. The summed E-state index contributed by atoms with van der Waals surface area (Å²) in [5, 5.41) is 8.57. The number of hydrogen-bond donors (Lipinski definition) is 3. The number of hydrogen-bond acceptors (Lipinski definition) is 7. The monoisotopic (exact) mass is 577 g/mol. The number of urea groups is 1. The number of rotatable bonds is 13. The number of alkyl carbamates (subject to hydrolysis) is 1. The molecular weight excluding hydrogens is 534 g/mol. The van der Waals surface area contributed by atoms with Crippen LogP contribution in [0.15, 0.2) is 59.5 Å². The summed E-state index contributed by atoms with van der Waals surface area (Å²) in [6.07, 6.45) is 9.22. The van der Waals surface area contributed by atoms with Gasteiger partial charge in [0.15, 0.2) is 12.2 Å². The number of benzene rings is 2. The van der Waals surface area contributed by atoms with E-state index in [4.69, 9.17) is 13.9 Å². The van der Waals surface area contributed by atoms with E-state index in [1.165, 1.54) is 25.7 Å². The van der Waals surface area contributed by atoms with Crippen molar-refractivity contribution in [1.82, 2.24) is 15.2 Å². The van der Waals surface area contributed by atoms with Crippen molar-refractivity contribution in [3.63, 3.8) is 0 Å². The Morgan fingerprint density at radius 3 is 2.50 bits per heavy atom. The molecular formula is C32H43N5O5. The molecule has 0 saturated heterocycles. The van der Waals surface area contributed by atoms with Crippen LogP contribution in [0.25, 0.3) is 11.3 Å². The maximum absolute atomic E-state index is 12.8. The minimum Gasteiger partial charge on any atom is -0.496 e. The molecule has 1 aromatic heterocycles. The lowest BCUT2D eigenvalue weighted by Gasteiger charge is -2.31. The topological polar surface area (TPSA) is 118 Å². The van der Waals surface area contributed by atoms with Gasteiger partial charge in [0.25, 0.3) is 0 Å². The summed E-state index contributed by atoms with van der Waals surface area (Å²) in [7, 11) is 1.55. The van der Waals surface area contributed by atoms with Gasteiger partial charge in [0, 0.05) is 30.5 Å². The Hall–Kier alpha value is -4.05. The average molecular weight is 578 g/mol. The molecule has 2 aromatic carbocycles. The maximum atomic E-state index is 12.8. The van der Waals surface area contributed by atoms with Crippen LogP contribution in [0.4, 0.5) is 21.0 Å². The Morgan fingerprint density at radius 2 is 1.81 bits per heavy atom. The molecule has 3 amide bonds. The van der Waals surface area contributed by atoms with Crippen LogP contribution in [0.1, 0.15) is 57.9 Å². The first-order valence-electron chi connectivity index (χ1n) is 14.9. The molecule has 10 nitrogen and oxygen atoms in total. The highest BCUT2D eigenvalue weighted by molar-refractivity contribution is 6.00. The van der Waals surface area contributed by atoms with Crippen molar-refractivity contribution in [2.45, 2.75) is 65.0 Å². The standard InChI is InChI=1S/C32H43N5O5/c1-4-37(5-2)17-16-28(24-11-7-6-8-12-24)42-32(39)34-20-23-10-9-13-25(18-23)35-31(38)36-26-14-15-27(29(19-26)40-3)30-21-33-22-41-30/h9-10,13-15,18-19,21-22,24,28H,4-8,11-12,16-17,20H2,1-3H3,(H,34,39)(H2,35,36,38)/t28-/m1/s1. The molecule has 1 fully saturated rings. The Labute approximate surface area is 248 Å². The van der Waals surface area contributed by atoms with Crippen molar-refractivity contribution in [2.75, 3.05) is 37.4 Å². The average Bonchev–Trinajstić information content (AvgIpc) is 3.55. The molecule has 0 radical (unpaired) electrons. The van der Waals surface area contributed by atoms with Crippen molar-refractivity contribution in [3.8, 4) is 17.1 Å². The molecule has 0 aliphatic heterocycles. The van der Waals surface area contributed by atoms with Crippen LogP contribution in [0.5, 0.6) is 5.75 Å². The normalized spacial score (nSPS) is 14.3. The van der Waals surface area contributed by atoms with Gasteiger partial charge in [-0.25, -0.2) is 14.6 Å². The number of carbonyl (C=O) groups is 2. The molecule has 3 N–H and O–H groups in total. The van der Waals surface area contributed by atoms with Gasteiger partial charge in [-0.3, -0.25) is 0 Å². The van der Waals surface area contributed by atoms with Crippen molar-refractivity contribution < 1.29 is 23.5 Å². The molecule has 1 atom stereocenters. The van der Waals surface area contributed by atoms with Gasteiger partial charge in [0.1, 0.15) is 11.9 Å². The zero-order valence-electron chi connectivity index (χ0n) is 24.9. The number of amides is 3. The second-order valence-electron chi connectivity index (χ2n) is 10.6. The summed E-state index contributed by atoms with van der Waals surface area (Å²) in [6.45, 7) is 7.53. The summed E-state index contributed by atoms with van der Waals surface area (Å²) in [6, 6.07) is 12.2. The smallest absolute Gasteiger partial charge is 0.407 e. The lowest BCUT2D eigenvalue weighted by molar-refractivity contribution is 0.0364. The first-order valence-corrected chi connectivity index (χ1v) is 14.9. The SMILES string of the molecule is CCN(CC)CC[C@@H](OC(=O)NCc1cccc(NC(=O)Nc2ccc(-c3cnco3)c(OC)c2)c1)C1CCCCC1. The summed E-state index contributed by atoms with van der Waals surface area (Å²) >= 11 is 0. The molecule has 42 heavy (non-hydrogen) atoms. The second-order valence-corrected chi connectivity index (χ2v) is 10.6. The number of ether oxygens (including phenoxy) is 2. The van der Waals surface area contributed by atoms with Gasteiger partial charge in [-0.2, -0.15) is 0 Å². The van der Waals surface area contributed by atoms with Gasteiger partial charge < -0.3 is 34.7 Å². The zero-order chi connectivity index (χ0) is 29.7. The highest BCUT2D eigenvalue weighted by atomic mass is 16.6. The molecule has 0 unspecified atom stereocenters. The van der Waals surface area contributed by atoms with E-state index < -0.39 is 12.1 Å². The van der Waals surface area contributed by atoms with Crippen molar-refractivity contribution in [2.24, 2.45) is 5.92 Å². The Balaban J connectivity index is 1.29. The molecule has 1 aliphatic carbocycles. The largest absolute Gasteiger partial charge is 0.496 e. The first-order chi connectivity index (χ1) is 20.5. The highest BCUT2D eigenvalue weighted by Crippen LogP contribution is 2.32. The van der Waals surface area contributed by atoms with Gasteiger partial charge in [-0.05, 0) is 68.1 Å². The molecule has 1 aliphatic rings. The molecule has 1 heterocycles. The first kappa shape index (κ1) is 30.9. The number of oxazole rings is 1. The van der Waals surface area contributed by atoms with Gasteiger partial charge in [0.2, 0.25) is 0 Å². The Morgan fingerprint density at radius 1 is 1.05 bits per heavy atom. The minimum absolute atomic E-state index is 0.0777. The molecule has 1 saturated carbocycles. The number of anilines is 2. The number of nitrogens with one attached hydrogen (secondary N) is 3. The van der Waals surface area contributed by atoms with Crippen LogP contribution in [-0.4, -0.2) is 54.9 Å². The molecule has 4 rings (SSSR count). The van der Waals surface area contributed by atoms with Crippen molar-refractivity contribution >= 4 is 23.5 Å². The Kier molecular flexibility index (Phi) is 11.6. The quantitative estimate of drug-likeness (QED) is 0.202. The third-order valence-electron chi connectivity index (χ3n) is 7.84. The number of nitrogens with zero attached hydrogens (tertiary/aromatic N) is 2. The summed E-state index contributed by atoms with van der Waals surface area (Å²) in [4.78, 5) is 31.8. The van der Waals surface area contributed by atoms with Gasteiger partial charge >= 0.3 is 12.1 Å². The van der Waals surface area contributed by atoms with Crippen LogP contribution in [-0.2, 0) is 11.3 Å². The number of methoxy groups -OCH3 is 1. The van der Waals surface area contributed by atoms with E-state index in [-0.39, 0.29) is 6.10 Å². The molecule has 10 heteroatoms. The summed E-state index contributed by atoms with van der Waals surface area (Å²) in [5.74, 6) is 1.54. The van der Waals surface area contributed by atoms with Gasteiger partial charge in [-0.15, -0.1) is 0 Å². The van der Waals surface area contributed by atoms with E-state index in [0.29, 0.717) is 35.3 Å². The fourth-order valence-corrected chi connectivity index (χ4v) is 5.47. The predicted molar refractivity (Wildman–Crippen MR) is 164 cm³/mol. The van der Waals surface area contributed by atoms with E-state index in [1.807, 2.05) is 18.2 Å². The maximum Gasteiger partial charge on any atom is 0.407 e. The third kappa shape index (κ3) is 8.97. The fourth-order valence-electron chi connectivity index (χ4n) is 5.47. The minimum atomic E-state index is -0.405. The van der Waals surface area contributed by atoms with E-state index in [2.05, 4.69) is 39.7 Å². The van der Waals surface area contributed by atoms with Gasteiger partial charge in [-0.1, -0.05) is 45.2 Å². The van der Waals surface area contributed by atoms with Gasteiger partial charge in [0.05, 0.1) is 18.9 Å². The van der Waals surface area contributed by atoms with E-state index in [1.54, 1.807) is 37.6 Å². The third-order valence-corrected chi connectivity index (χ3v) is 7.84. The van der Waals surface area contributed by atoms with Crippen molar-refractivity contribution in [1.29, 1.82) is 0 Å². The van der Waals surface area contributed by atoms with Crippen LogP contribution >= 0.6 is 0 Å². The lowest BCUT2D eigenvalue weighted by atomic mass is 9.84. The Bertz CT molecular complexity index is 1270. The van der Waals surface area contributed by atoms with Crippen molar-refractivity contribution in [3.05, 3.63) is 60.6 Å². The van der Waals surface area contributed by atoms with E-state index in [9.17, 15) is 9.59 Å². The molecule has 3 aromatic rings. The van der Waals surface area contributed by atoms with Crippen LogP contribution < -0.4 is 20.7 Å². The van der Waals surface area contributed by atoms with Crippen LogP contribution in [0, 0.1) is 5.92 Å². The lowest BCUT2D eigenvalue weighted by Crippen LogP contribution is -2.36. The van der Waals surface area contributed by atoms with E-state index in [0.717, 1.165) is 50.0 Å². The summed E-state index contributed by atoms with van der Waals surface area (Å²) < 4.78 is 16.8. The zero-order valence-corrected chi connectivity index (χ0v) is 24.9. The van der Waals surface area contributed by atoms with Crippen LogP contribution in [0.3, 0.4) is 0 Å². The highest BCUT2D eigenvalue weighted by Gasteiger charge is 2.27. The number of carbonyl (C=O) groups excluding carboxylic acids is 2. The summed E-state index contributed by atoms with van der Waals surface area (Å²) in [5.41, 5.74) is 2.74. The predicted octanol–water partition coefficient (Wildman–Crippen LogP) is 6.90.